The Morgan fingerprint density at radius 1 is 1.28 bits per heavy atom. The van der Waals surface area contributed by atoms with Crippen molar-refractivity contribution in [1.29, 1.82) is 0 Å². The Morgan fingerprint density at radius 3 is 2.83 bits per heavy atom. The molecule has 0 bridgehead atoms. The molecule has 5 heteroatoms. The molecule has 2 aromatic heterocycles. The molecule has 1 atom stereocenters. The lowest BCUT2D eigenvalue weighted by Gasteiger charge is -2.08. The summed E-state index contributed by atoms with van der Waals surface area (Å²) in [5.41, 5.74) is 0.875. The van der Waals surface area contributed by atoms with Gasteiger partial charge in [-0.3, -0.25) is 0 Å². The van der Waals surface area contributed by atoms with E-state index in [0.29, 0.717) is 0 Å². The molecule has 0 aliphatic rings. The Kier molecular flexibility index (Phi) is 3.03. The highest BCUT2D eigenvalue weighted by Crippen LogP contribution is 2.33. The summed E-state index contributed by atoms with van der Waals surface area (Å²) < 4.78 is 9.92. The molecule has 0 saturated heterocycles. The lowest BCUT2D eigenvalue weighted by atomic mass is 10.2. The van der Waals surface area contributed by atoms with E-state index >= 15 is 0 Å². The fourth-order valence-corrected chi connectivity index (χ4v) is 3.29. The number of benzene rings is 1. The highest BCUT2D eigenvalue weighted by atomic mass is 79.9. The monoisotopic (exact) mass is 368 g/mol. The Labute approximate surface area is 121 Å². The number of hydrogen-bond acceptors (Lipinski definition) is 2. The second-order valence-corrected chi connectivity index (χ2v) is 5.91. The zero-order chi connectivity index (χ0) is 12.7. The first-order valence-corrected chi connectivity index (χ1v) is 7.09. The molecule has 18 heavy (non-hydrogen) atoms. The third-order valence-corrected chi connectivity index (χ3v) is 3.99. The third kappa shape index (κ3) is 2.01. The quantitative estimate of drug-likeness (QED) is 0.651. The first-order chi connectivity index (χ1) is 8.65. The van der Waals surface area contributed by atoms with Crippen LogP contribution in [0.3, 0.4) is 0 Å². The zero-order valence-electron chi connectivity index (χ0n) is 9.60. The highest BCUT2D eigenvalue weighted by molar-refractivity contribution is 9.11. The first kappa shape index (κ1) is 12.0. The predicted octanol–water partition coefficient (Wildman–Crippen LogP) is 4.76. The molecule has 0 aliphatic heterocycles. The van der Waals surface area contributed by atoms with E-state index in [4.69, 9.17) is 4.42 Å². The normalized spacial score (nSPS) is 13.1. The van der Waals surface area contributed by atoms with Crippen molar-refractivity contribution in [3.8, 4) is 0 Å². The summed E-state index contributed by atoms with van der Waals surface area (Å²) in [6, 6.07) is 6.23. The van der Waals surface area contributed by atoms with Crippen molar-refractivity contribution >= 4 is 42.8 Å². The molecule has 92 valence electrons. The van der Waals surface area contributed by atoms with Gasteiger partial charge < -0.3 is 8.98 Å². The van der Waals surface area contributed by atoms with Crippen LogP contribution in [-0.4, -0.2) is 9.55 Å². The Morgan fingerprint density at radius 2 is 2.11 bits per heavy atom. The van der Waals surface area contributed by atoms with E-state index < -0.39 is 0 Å². The average Bonchev–Trinajstić information content (AvgIpc) is 2.96. The maximum absolute atomic E-state index is 5.92. The van der Waals surface area contributed by atoms with E-state index in [2.05, 4.69) is 49.8 Å². The van der Waals surface area contributed by atoms with E-state index in [0.717, 1.165) is 25.7 Å². The van der Waals surface area contributed by atoms with Crippen molar-refractivity contribution in [2.45, 2.75) is 13.0 Å². The van der Waals surface area contributed by atoms with E-state index in [1.54, 1.807) is 12.5 Å². The van der Waals surface area contributed by atoms with Gasteiger partial charge in [0.2, 0.25) is 0 Å². The summed E-state index contributed by atoms with van der Waals surface area (Å²) >= 11 is 7.00. The number of fused-ring (bicyclic) bond motifs is 1. The van der Waals surface area contributed by atoms with E-state index in [-0.39, 0.29) is 6.04 Å². The van der Waals surface area contributed by atoms with Gasteiger partial charge in [-0.2, -0.15) is 0 Å². The fraction of sp³-hybridized carbons (Fsp3) is 0.154. The van der Waals surface area contributed by atoms with Gasteiger partial charge >= 0.3 is 0 Å². The van der Waals surface area contributed by atoms with Crippen molar-refractivity contribution < 1.29 is 4.42 Å². The minimum atomic E-state index is 0.130. The van der Waals surface area contributed by atoms with Gasteiger partial charge in [0.15, 0.2) is 0 Å². The molecule has 3 rings (SSSR count). The average molecular weight is 370 g/mol. The summed E-state index contributed by atoms with van der Waals surface area (Å²) in [6.07, 6.45) is 5.50. The topological polar surface area (TPSA) is 31.0 Å². The van der Waals surface area contributed by atoms with Crippen molar-refractivity contribution in [1.82, 2.24) is 9.55 Å². The molecule has 3 aromatic rings. The first-order valence-electron chi connectivity index (χ1n) is 5.51. The van der Waals surface area contributed by atoms with Crippen molar-refractivity contribution in [3.63, 3.8) is 0 Å². The molecular formula is C13H10Br2N2O. The lowest BCUT2D eigenvalue weighted by Crippen LogP contribution is -2.02. The van der Waals surface area contributed by atoms with Crippen LogP contribution < -0.4 is 0 Å². The van der Waals surface area contributed by atoms with E-state index in [9.17, 15) is 0 Å². The van der Waals surface area contributed by atoms with Gasteiger partial charge in [0.1, 0.15) is 11.3 Å². The van der Waals surface area contributed by atoms with Crippen LogP contribution >= 0.6 is 31.9 Å². The van der Waals surface area contributed by atoms with E-state index in [1.165, 1.54) is 0 Å². The van der Waals surface area contributed by atoms with Crippen LogP contribution in [0.25, 0.3) is 11.0 Å². The largest absolute Gasteiger partial charge is 0.458 e. The maximum atomic E-state index is 5.92. The molecule has 0 aliphatic carbocycles. The molecular weight excluding hydrogens is 360 g/mol. The van der Waals surface area contributed by atoms with Crippen molar-refractivity contribution in [2.24, 2.45) is 0 Å². The highest BCUT2D eigenvalue weighted by Gasteiger charge is 2.14. The molecule has 0 amide bonds. The second kappa shape index (κ2) is 4.55. The molecule has 0 radical (unpaired) electrons. The van der Waals surface area contributed by atoms with Crippen LogP contribution in [0.2, 0.25) is 0 Å². The second-order valence-electron chi connectivity index (χ2n) is 4.14. The molecule has 3 nitrogen and oxygen atoms in total. The van der Waals surface area contributed by atoms with Gasteiger partial charge in [-0.1, -0.05) is 15.9 Å². The van der Waals surface area contributed by atoms with Crippen LogP contribution in [-0.2, 0) is 0 Å². The molecule has 0 spiro atoms. The summed E-state index contributed by atoms with van der Waals surface area (Å²) in [5, 5.41) is 1.08. The number of hydrogen-bond donors (Lipinski definition) is 0. The zero-order valence-corrected chi connectivity index (χ0v) is 12.8. The number of nitrogens with zero attached hydrogens (tertiary/aromatic N) is 2. The van der Waals surface area contributed by atoms with Crippen LogP contribution in [0, 0.1) is 0 Å². The van der Waals surface area contributed by atoms with Gasteiger partial charge in [0, 0.05) is 22.3 Å². The third-order valence-electron chi connectivity index (χ3n) is 2.94. The summed E-state index contributed by atoms with van der Waals surface area (Å²) in [7, 11) is 0. The minimum Gasteiger partial charge on any atom is -0.458 e. The smallest absolute Gasteiger partial charge is 0.148 e. The van der Waals surface area contributed by atoms with Crippen LogP contribution in [0.15, 0.2) is 50.3 Å². The fourth-order valence-electron chi connectivity index (χ4n) is 1.95. The Balaban J connectivity index is 2.11. The van der Waals surface area contributed by atoms with Gasteiger partial charge in [-0.05, 0) is 41.1 Å². The summed E-state index contributed by atoms with van der Waals surface area (Å²) in [5.74, 6) is 0.918. The minimum absolute atomic E-state index is 0.130. The Bertz CT molecular complexity index is 688. The van der Waals surface area contributed by atoms with Gasteiger partial charge in [-0.25, -0.2) is 4.98 Å². The SMILES string of the molecule is CC(c1cc2cc(Br)cc(Br)c2o1)n1ccnc1. The van der Waals surface area contributed by atoms with Crippen LogP contribution in [0.1, 0.15) is 18.7 Å². The number of imidazole rings is 1. The van der Waals surface area contributed by atoms with Gasteiger partial charge in [0.25, 0.3) is 0 Å². The predicted molar refractivity (Wildman–Crippen MR) is 77.7 cm³/mol. The number of furan rings is 1. The van der Waals surface area contributed by atoms with E-state index in [1.807, 2.05) is 22.9 Å². The standard InChI is InChI=1S/C13H10Br2N2O/c1-8(17-3-2-16-7-17)12-5-9-4-10(14)6-11(15)13(9)18-12/h2-8H,1H3. The summed E-state index contributed by atoms with van der Waals surface area (Å²) in [4.78, 5) is 4.06. The number of halogens is 2. The van der Waals surface area contributed by atoms with Crippen molar-refractivity contribution in [2.75, 3.05) is 0 Å². The Hall–Kier alpha value is -1.07. The van der Waals surface area contributed by atoms with Crippen LogP contribution in [0.5, 0.6) is 0 Å². The molecule has 1 unspecified atom stereocenters. The molecule has 1 aromatic carbocycles. The molecule has 0 N–H and O–H groups in total. The molecule has 0 saturated carbocycles. The number of rotatable bonds is 2. The van der Waals surface area contributed by atoms with Gasteiger partial charge in [-0.15, -0.1) is 0 Å². The van der Waals surface area contributed by atoms with Crippen LogP contribution in [0.4, 0.5) is 0 Å². The maximum Gasteiger partial charge on any atom is 0.148 e. The lowest BCUT2D eigenvalue weighted by molar-refractivity contribution is 0.470. The van der Waals surface area contributed by atoms with Gasteiger partial charge in [0.05, 0.1) is 16.8 Å². The molecule has 0 fully saturated rings. The number of aromatic nitrogens is 2. The summed E-state index contributed by atoms with van der Waals surface area (Å²) in [6.45, 7) is 2.09. The van der Waals surface area contributed by atoms with Crippen molar-refractivity contribution in [3.05, 3.63) is 51.6 Å². The molecule has 2 heterocycles.